The Balaban J connectivity index is 2.67. The van der Waals surface area contributed by atoms with Crippen LogP contribution in [0, 0.1) is 0 Å². The molecule has 0 radical (unpaired) electrons. The summed E-state index contributed by atoms with van der Waals surface area (Å²) < 4.78 is 0. The van der Waals surface area contributed by atoms with E-state index in [0.717, 1.165) is 18.4 Å². The van der Waals surface area contributed by atoms with Gasteiger partial charge in [-0.25, -0.2) is 0 Å². The molecule has 4 nitrogen and oxygen atoms in total. The third-order valence-electron chi connectivity index (χ3n) is 3.50. The number of amides is 2. The van der Waals surface area contributed by atoms with Gasteiger partial charge in [-0.3, -0.25) is 9.59 Å². The SMILES string of the molecule is CC/C=C(\C)C(=O)NCc1cccc(C(=O)N[C@@H](C)CC)c1. The van der Waals surface area contributed by atoms with Crippen molar-refractivity contribution < 1.29 is 9.59 Å². The lowest BCUT2D eigenvalue weighted by atomic mass is 10.1. The predicted molar refractivity (Wildman–Crippen MR) is 89.6 cm³/mol. The first-order valence-electron chi connectivity index (χ1n) is 7.82. The molecule has 0 fully saturated rings. The van der Waals surface area contributed by atoms with Crippen LogP contribution in [0.3, 0.4) is 0 Å². The van der Waals surface area contributed by atoms with Gasteiger partial charge in [0.2, 0.25) is 5.91 Å². The molecule has 1 rings (SSSR count). The Bertz CT molecular complexity index is 550. The van der Waals surface area contributed by atoms with Gasteiger partial charge in [0, 0.05) is 23.7 Å². The molecule has 0 saturated carbocycles. The minimum absolute atomic E-state index is 0.0729. The largest absolute Gasteiger partial charge is 0.350 e. The number of hydrogen-bond donors (Lipinski definition) is 2. The first kappa shape index (κ1) is 18.0. The van der Waals surface area contributed by atoms with Gasteiger partial charge in [-0.15, -0.1) is 0 Å². The van der Waals surface area contributed by atoms with Gasteiger partial charge >= 0.3 is 0 Å². The molecule has 1 atom stereocenters. The number of allylic oxidation sites excluding steroid dienone is 1. The van der Waals surface area contributed by atoms with Crippen LogP contribution in [-0.2, 0) is 11.3 Å². The molecule has 2 amide bonds. The fourth-order valence-electron chi connectivity index (χ4n) is 1.95. The molecule has 4 heteroatoms. The average Bonchev–Trinajstić information content (AvgIpc) is 2.52. The third kappa shape index (κ3) is 5.72. The molecule has 0 aliphatic carbocycles. The van der Waals surface area contributed by atoms with E-state index in [1.54, 1.807) is 13.0 Å². The van der Waals surface area contributed by atoms with Crippen molar-refractivity contribution in [3.05, 3.63) is 47.0 Å². The second-order valence-corrected chi connectivity index (χ2v) is 5.46. The molecule has 0 aliphatic rings. The molecule has 0 unspecified atom stereocenters. The fraction of sp³-hybridized carbons (Fsp3) is 0.444. The van der Waals surface area contributed by atoms with Crippen LogP contribution in [0.1, 0.15) is 56.5 Å². The molecule has 0 spiro atoms. The Labute approximate surface area is 133 Å². The monoisotopic (exact) mass is 302 g/mol. The van der Waals surface area contributed by atoms with E-state index in [4.69, 9.17) is 0 Å². The van der Waals surface area contributed by atoms with E-state index in [2.05, 4.69) is 10.6 Å². The Hall–Kier alpha value is -2.10. The van der Waals surface area contributed by atoms with Crippen molar-refractivity contribution in [2.75, 3.05) is 0 Å². The molecule has 0 aliphatic heterocycles. The number of rotatable bonds is 7. The van der Waals surface area contributed by atoms with Gasteiger partial charge in [-0.2, -0.15) is 0 Å². The number of hydrogen-bond acceptors (Lipinski definition) is 2. The summed E-state index contributed by atoms with van der Waals surface area (Å²) >= 11 is 0. The Morgan fingerprint density at radius 2 is 2.00 bits per heavy atom. The summed E-state index contributed by atoms with van der Waals surface area (Å²) in [7, 11) is 0. The molecule has 2 N–H and O–H groups in total. The van der Waals surface area contributed by atoms with Crippen LogP contribution < -0.4 is 10.6 Å². The molecule has 1 aromatic rings. The third-order valence-corrected chi connectivity index (χ3v) is 3.50. The lowest BCUT2D eigenvalue weighted by molar-refractivity contribution is -0.117. The van der Waals surface area contributed by atoms with E-state index >= 15 is 0 Å². The van der Waals surface area contributed by atoms with Crippen molar-refractivity contribution in [2.45, 2.75) is 53.1 Å². The minimum Gasteiger partial charge on any atom is -0.350 e. The zero-order chi connectivity index (χ0) is 16.5. The molecule has 0 saturated heterocycles. The van der Waals surface area contributed by atoms with E-state index in [1.807, 2.05) is 45.0 Å². The maximum absolute atomic E-state index is 12.1. The van der Waals surface area contributed by atoms with Crippen molar-refractivity contribution in [1.29, 1.82) is 0 Å². The molecule has 120 valence electrons. The Morgan fingerprint density at radius 3 is 2.64 bits per heavy atom. The van der Waals surface area contributed by atoms with Crippen LogP contribution in [0.25, 0.3) is 0 Å². The topological polar surface area (TPSA) is 58.2 Å². The molecule has 0 heterocycles. The van der Waals surface area contributed by atoms with Gasteiger partial charge in [0.25, 0.3) is 5.91 Å². The van der Waals surface area contributed by atoms with Crippen LogP contribution in [-0.4, -0.2) is 17.9 Å². The van der Waals surface area contributed by atoms with Gasteiger partial charge in [0.05, 0.1) is 0 Å². The Morgan fingerprint density at radius 1 is 1.27 bits per heavy atom. The second kappa shape index (κ2) is 9.03. The highest BCUT2D eigenvalue weighted by atomic mass is 16.2. The first-order chi connectivity index (χ1) is 10.5. The smallest absolute Gasteiger partial charge is 0.251 e. The summed E-state index contributed by atoms with van der Waals surface area (Å²) in [5.41, 5.74) is 2.25. The summed E-state index contributed by atoms with van der Waals surface area (Å²) in [5.74, 6) is -0.152. The number of benzene rings is 1. The van der Waals surface area contributed by atoms with Crippen LogP contribution >= 0.6 is 0 Å². The van der Waals surface area contributed by atoms with E-state index in [1.165, 1.54) is 0 Å². The van der Waals surface area contributed by atoms with E-state index in [0.29, 0.717) is 17.7 Å². The van der Waals surface area contributed by atoms with Crippen molar-refractivity contribution >= 4 is 11.8 Å². The molecular formula is C18H26N2O2. The van der Waals surface area contributed by atoms with Gasteiger partial charge < -0.3 is 10.6 Å². The fourth-order valence-corrected chi connectivity index (χ4v) is 1.95. The van der Waals surface area contributed by atoms with Gasteiger partial charge in [0.15, 0.2) is 0 Å². The molecule has 0 bridgehead atoms. The number of carbonyl (C=O) groups is 2. The maximum Gasteiger partial charge on any atom is 0.251 e. The van der Waals surface area contributed by atoms with Crippen LogP contribution in [0.2, 0.25) is 0 Å². The summed E-state index contributed by atoms with van der Waals surface area (Å²) in [6, 6.07) is 7.49. The van der Waals surface area contributed by atoms with Crippen molar-refractivity contribution in [3.8, 4) is 0 Å². The summed E-state index contributed by atoms with van der Waals surface area (Å²) in [5, 5.41) is 5.80. The lowest BCUT2D eigenvalue weighted by Crippen LogP contribution is -2.32. The highest BCUT2D eigenvalue weighted by Crippen LogP contribution is 2.07. The van der Waals surface area contributed by atoms with Gasteiger partial charge in [-0.05, 0) is 44.4 Å². The van der Waals surface area contributed by atoms with Crippen LogP contribution in [0.15, 0.2) is 35.9 Å². The van der Waals surface area contributed by atoms with Gasteiger partial charge in [0.1, 0.15) is 0 Å². The van der Waals surface area contributed by atoms with Gasteiger partial charge in [-0.1, -0.05) is 32.1 Å². The molecule has 22 heavy (non-hydrogen) atoms. The maximum atomic E-state index is 12.1. The van der Waals surface area contributed by atoms with Crippen LogP contribution in [0.5, 0.6) is 0 Å². The van der Waals surface area contributed by atoms with E-state index in [9.17, 15) is 9.59 Å². The molecule has 1 aromatic carbocycles. The van der Waals surface area contributed by atoms with Crippen molar-refractivity contribution in [1.82, 2.24) is 10.6 Å². The van der Waals surface area contributed by atoms with Crippen molar-refractivity contribution in [2.24, 2.45) is 0 Å². The lowest BCUT2D eigenvalue weighted by Gasteiger charge is -2.12. The van der Waals surface area contributed by atoms with Crippen LogP contribution in [0.4, 0.5) is 0 Å². The second-order valence-electron chi connectivity index (χ2n) is 5.46. The average molecular weight is 302 g/mol. The Kier molecular flexibility index (Phi) is 7.37. The quantitative estimate of drug-likeness (QED) is 0.760. The zero-order valence-electron chi connectivity index (χ0n) is 13.9. The number of nitrogens with one attached hydrogen (secondary N) is 2. The summed E-state index contributed by atoms with van der Waals surface area (Å²) in [6.07, 6.45) is 3.63. The highest BCUT2D eigenvalue weighted by Gasteiger charge is 2.09. The molecule has 0 aromatic heterocycles. The minimum atomic E-state index is -0.0791. The predicted octanol–water partition coefficient (Wildman–Crippen LogP) is 3.19. The standard InChI is InChI=1S/C18H26N2O2/c1-5-8-13(3)17(21)19-12-15-9-7-10-16(11-15)18(22)20-14(4)6-2/h7-11,14H,5-6,12H2,1-4H3,(H,19,21)(H,20,22)/b13-8+/t14-/m0/s1. The first-order valence-corrected chi connectivity index (χ1v) is 7.82. The zero-order valence-corrected chi connectivity index (χ0v) is 13.9. The van der Waals surface area contributed by atoms with Crippen molar-refractivity contribution in [3.63, 3.8) is 0 Å². The highest BCUT2D eigenvalue weighted by molar-refractivity contribution is 5.94. The molecular weight excluding hydrogens is 276 g/mol. The summed E-state index contributed by atoms with van der Waals surface area (Å²) in [4.78, 5) is 23.9. The summed E-state index contributed by atoms with van der Waals surface area (Å²) in [6.45, 7) is 8.22. The van der Waals surface area contributed by atoms with E-state index in [-0.39, 0.29) is 17.9 Å². The van der Waals surface area contributed by atoms with E-state index < -0.39 is 0 Å². The number of carbonyl (C=O) groups excluding carboxylic acids is 2. The normalized spacial score (nSPS) is 12.6.